The molecule has 1 aliphatic rings. The zero-order chi connectivity index (χ0) is 24.6. The topological polar surface area (TPSA) is 97.2 Å². The molecule has 0 atom stereocenters. The van der Waals surface area contributed by atoms with Crippen molar-refractivity contribution in [3.8, 4) is 11.3 Å². The fourth-order valence-electron chi connectivity index (χ4n) is 4.33. The second kappa shape index (κ2) is 9.24. The molecule has 0 unspecified atom stereocenters. The molecule has 0 aliphatic carbocycles. The molecule has 0 bridgehead atoms. The van der Waals surface area contributed by atoms with E-state index >= 15 is 0 Å². The highest BCUT2D eigenvalue weighted by Crippen LogP contribution is 2.28. The summed E-state index contributed by atoms with van der Waals surface area (Å²) in [5.41, 5.74) is 3.18. The van der Waals surface area contributed by atoms with Gasteiger partial charge in [0.15, 0.2) is 5.65 Å². The van der Waals surface area contributed by atoms with Crippen molar-refractivity contribution in [3.05, 3.63) is 72.4 Å². The standard InChI is InChI=1S/C26H27N5O3S/c1-18(2)31-25-23(17-27-31)22(16-24(29-25)19-8-4-3-5-9-19)26(32)28-20-10-12-21(13-11-20)35(33,34)30-14-6-7-15-30/h3-5,8-13,16-18H,6-7,14-15H2,1-2H3,(H,28,32). The van der Waals surface area contributed by atoms with Gasteiger partial charge in [-0.3, -0.25) is 4.79 Å². The Hall–Kier alpha value is -3.56. The van der Waals surface area contributed by atoms with E-state index in [1.807, 2.05) is 44.2 Å². The third kappa shape index (κ3) is 4.44. The summed E-state index contributed by atoms with van der Waals surface area (Å²) < 4.78 is 28.9. The summed E-state index contributed by atoms with van der Waals surface area (Å²) in [6.45, 7) is 5.13. The van der Waals surface area contributed by atoms with Gasteiger partial charge in [0, 0.05) is 30.4 Å². The van der Waals surface area contributed by atoms with Crippen molar-refractivity contribution in [1.82, 2.24) is 19.1 Å². The van der Waals surface area contributed by atoms with E-state index in [9.17, 15) is 13.2 Å². The summed E-state index contributed by atoms with van der Waals surface area (Å²) in [4.78, 5) is 18.4. The lowest BCUT2D eigenvalue weighted by Gasteiger charge is -2.16. The van der Waals surface area contributed by atoms with Crippen molar-refractivity contribution in [2.24, 2.45) is 0 Å². The molecule has 5 rings (SSSR count). The Morgan fingerprint density at radius 3 is 2.34 bits per heavy atom. The normalized spacial score (nSPS) is 14.6. The second-order valence-electron chi connectivity index (χ2n) is 8.93. The Morgan fingerprint density at radius 2 is 1.69 bits per heavy atom. The number of sulfonamides is 1. The third-order valence-corrected chi connectivity index (χ3v) is 8.10. The van der Waals surface area contributed by atoms with Crippen molar-refractivity contribution >= 4 is 32.7 Å². The first-order chi connectivity index (χ1) is 16.8. The minimum atomic E-state index is -3.51. The molecule has 4 aromatic rings. The molecule has 1 fully saturated rings. The van der Waals surface area contributed by atoms with Gasteiger partial charge < -0.3 is 5.32 Å². The van der Waals surface area contributed by atoms with E-state index in [1.54, 1.807) is 29.1 Å². The number of fused-ring (bicyclic) bond motifs is 1. The van der Waals surface area contributed by atoms with Crippen LogP contribution < -0.4 is 5.32 Å². The molecular formula is C26H27N5O3S. The summed E-state index contributed by atoms with van der Waals surface area (Å²) in [6.07, 6.45) is 3.43. The van der Waals surface area contributed by atoms with Crippen molar-refractivity contribution in [1.29, 1.82) is 0 Å². The fourth-order valence-corrected chi connectivity index (χ4v) is 5.84. The molecular weight excluding hydrogens is 462 g/mol. The van der Waals surface area contributed by atoms with Gasteiger partial charge in [0.1, 0.15) is 0 Å². The van der Waals surface area contributed by atoms with Crippen molar-refractivity contribution < 1.29 is 13.2 Å². The van der Waals surface area contributed by atoms with E-state index < -0.39 is 10.0 Å². The molecule has 1 aliphatic heterocycles. The van der Waals surface area contributed by atoms with E-state index in [-0.39, 0.29) is 16.8 Å². The minimum Gasteiger partial charge on any atom is -0.322 e. The van der Waals surface area contributed by atoms with E-state index in [2.05, 4.69) is 10.4 Å². The van der Waals surface area contributed by atoms with Gasteiger partial charge in [-0.2, -0.15) is 9.40 Å². The monoisotopic (exact) mass is 489 g/mol. The van der Waals surface area contributed by atoms with Crippen LogP contribution in [0.15, 0.2) is 71.8 Å². The number of nitrogens with one attached hydrogen (secondary N) is 1. The molecule has 3 heterocycles. The molecule has 180 valence electrons. The number of benzene rings is 2. The number of hydrogen-bond donors (Lipinski definition) is 1. The molecule has 1 N–H and O–H groups in total. The first-order valence-corrected chi connectivity index (χ1v) is 13.1. The summed E-state index contributed by atoms with van der Waals surface area (Å²) in [5, 5.41) is 8.02. The molecule has 9 heteroatoms. The molecule has 2 aromatic carbocycles. The van der Waals surface area contributed by atoms with Gasteiger partial charge in [-0.05, 0) is 57.0 Å². The highest BCUT2D eigenvalue weighted by molar-refractivity contribution is 7.89. The predicted molar refractivity (Wildman–Crippen MR) is 136 cm³/mol. The van der Waals surface area contributed by atoms with Gasteiger partial charge in [0.25, 0.3) is 5.91 Å². The van der Waals surface area contributed by atoms with Gasteiger partial charge in [0.2, 0.25) is 10.0 Å². The highest BCUT2D eigenvalue weighted by atomic mass is 32.2. The lowest BCUT2D eigenvalue weighted by Crippen LogP contribution is -2.27. The lowest BCUT2D eigenvalue weighted by molar-refractivity contribution is 0.102. The smallest absolute Gasteiger partial charge is 0.256 e. The van der Waals surface area contributed by atoms with Crippen LogP contribution in [0.5, 0.6) is 0 Å². The largest absolute Gasteiger partial charge is 0.322 e. The Bertz CT molecular complexity index is 1470. The van der Waals surface area contributed by atoms with Gasteiger partial charge >= 0.3 is 0 Å². The Labute approximate surface area is 204 Å². The summed E-state index contributed by atoms with van der Waals surface area (Å²) in [7, 11) is -3.51. The van der Waals surface area contributed by atoms with Crippen molar-refractivity contribution in [2.45, 2.75) is 37.6 Å². The number of rotatable bonds is 6. The number of carbonyl (C=O) groups is 1. The Morgan fingerprint density at radius 1 is 1.00 bits per heavy atom. The SMILES string of the molecule is CC(C)n1ncc2c(C(=O)Nc3ccc(S(=O)(=O)N4CCCC4)cc3)cc(-c3ccccc3)nc21. The van der Waals surface area contributed by atoms with Gasteiger partial charge in [0.05, 0.1) is 27.7 Å². The summed E-state index contributed by atoms with van der Waals surface area (Å²) in [6, 6.07) is 17.9. The van der Waals surface area contributed by atoms with Crippen LogP contribution in [0.25, 0.3) is 22.3 Å². The lowest BCUT2D eigenvalue weighted by atomic mass is 10.1. The maximum absolute atomic E-state index is 13.4. The number of hydrogen-bond acceptors (Lipinski definition) is 5. The maximum Gasteiger partial charge on any atom is 0.256 e. The first kappa shape index (κ1) is 23.2. The van der Waals surface area contributed by atoms with Crippen LogP contribution in [0.2, 0.25) is 0 Å². The summed E-state index contributed by atoms with van der Waals surface area (Å²) in [5.74, 6) is -0.312. The molecule has 8 nitrogen and oxygen atoms in total. The zero-order valence-corrected chi connectivity index (χ0v) is 20.5. The van der Waals surface area contributed by atoms with Crippen LogP contribution in [-0.4, -0.2) is 46.5 Å². The van der Waals surface area contributed by atoms with Gasteiger partial charge in [-0.15, -0.1) is 0 Å². The molecule has 0 spiro atoms. The molecule has 0 radical (unpaired) electrons. The molecule has 35 heavy (non-hydrogen) atoms. The van der Waals surface area contributed by atoms with Crippen LogP contribution in [0.4, 0.5) is 5.69 Å². The molecule has 1 saturated heterocycles. The fraction of sp³-hybridized carbons (Fsp3) is 0.269. The quantitative estimate of drug-likeness (QED) is 0.423. The zero-order valence-electron chi connectivity index (χ0n) is 19.7. The van der Waals surface area contributed by atoms with E-state index in [0.717, 1.165) is 18.4 Å². The van der Waals surface area contributed by atoms with Crippen LogP contribution >= 0.6 is 0 Å². The Balaban J connectivity index is 1.48. The van der Waals surface area contributed by atoms with Crippen LogP contribution in [0, 0.1) is 0 Å². The number of anilines is 1. The molecule has 1 amide bonds. The third-order valence-electron chi connectivity index (χ3n) is 6.19. The van der Waals surface area contributed by atoms with Gasteiger partial charge in [-0.25, -0.2) is 18.1 Å². The predicted octanol–water partition coefficient (Wildman–Crippen LogP) is 4.72. The van der Waals surface area contributed by atoms with E-state index in [4.69, 9.17) is 4.98 Å². The number of carbonyl (C=O) groups excluding carboxylic acids is 1. The van der Waals surface area contributed by atoms with Gasteiger partial charge in [-0.1, -0.05) is 30.3 Å². The number of nitrogens with zero attached hydrogens (tertiary/aromatic N) is 4. The maximum atomic E-state index is 13.4. The van der Waals surface area contributed by atoms with Crippen molar-refractivity contribution in [3.63, 3.8) is 0 Å². The van der Waals surface area contributed by atoms with Crippen molar-refractivity contribution in [2.75, 3.05) is 18.4 Å². The second-order valence-corrected chi connectivity index (χ2v) is 10.9. The average Bonchev–Trinajstić information content (AvgIpc) is 3.55. The van der Waals surface area contributed by atoms with E-state index in [0.29, 0.717) is 41.1 Å². The van der Waals surface area contributed by atoms with Crippen LogP contribution in [0.1, 0.15) is 43.1 Å². The number of aromatic nitrogens is 3. The van der Waals surface area contributed by atoms with Crippen LogP contribution in [0.3, 0.4) is 0 Å². The summed E-state index contributed by atoms with van der Waals surface area (Å²) >= 11 is 0. The highest BCUT2D eigenvalue weighted by Gasteiger charge is 2.27. The number of amides is 1. The minimum absolute atomic E-state index is 0.0760. The molecule has 0 saturated carbocycles. The molecule has 2 aromatic heterocycles. The van der Waals surface area contributed by atoms with E-state index in [1.165, 1.54) is 16.4 Å². The number of pyridine rings is 1. The van der Waals surface area contributed by atoms with Crippen LogP contribution in [-0.2, 0) is 10.0 Å². The Kier molecular flexibility index (Phi) is 6.12. The first-order valence-electron chi connectivity index (χ1n) is 11.7. The average molecular weight is 490 g/mol.